The minimum absolute atomic E-state index is 0.160. The maximum Gasteiger partial charge on any atom is 0.229 e. The highest BCUT2D eigenvalue weighted by atomic mass is 35.5. The van der Waals surface area contributed by atoms with Gasteiger partial charge in [-0.3, -0.25) is 4.79 Å². The lowest BCUT2D eigenvalue weighted by molar-refractivity contribution is -0.120. The van der Waals surface area contributed by atoms with Gasteiger partial charge in [-0.25, -0.2) is 8.78 Å². The van der Waals surface area contributed by atoms with Gasteiger partial charge in [0.1, 0.15) is 5.82 Å². The van der Waals surface area contributed by atoms with Gasteiger partial charge in [-0.2, -0.15) is 0 Å². The lowest BCUT2D eigenvalue weighted by Crippen LogP contribution is -2.34. The van der Waals surface area contributed by atoms with Crippen molar-refractivity contribution in [2.75, 3.05) is 5.32 Å². The summed E-state index contributed by atoms with van der Waals surface area (Å²) in [6, 6.07) is 1.41. The van der Waals surface area contributed by atoms with Crippen LogP contribution in [-0.2, 0) is 4.79 Å². The van der Waals surface area contributed by atoms with Crippen LogP contribution in [-0.4, -0.2) is 11.9 Å². The number of rotatable bonds is 2. The Labute approximate surface area is 108 Å². The summed E-state index contributed by atoms with van der Waals surface area (Å²) >= 11 is 5.70. The monoisotopic (exact) mass is 274 g/mol. The SMILES string of the molecule is NC1CCCC1C(=O)Nc1c(F)cc(F)cc1Cl. The zero-order valence-corrected chi connectivity index (χ0v) is 10.3. The van der Waals surface area contributed by atoms with Crippen LogP contribution in [0.25, 0.3) is 0 Å². The Balaban J connectivity index is 2.17. The molecule has 2 unspecified atom stereocenters. The van der Waals surface area contributed by atoms with E-state index in [9.17, 15) is 13.6 Å². The smallest absolute Gasteiger partial charge is 0.229 e. The van der Waals surface area contributed by atoms with Gasteiger partial charge in [0.05, 0.1) is 16.6 Å². The van der Waals surface area contributed by atoms with Gasteiger partial charge in [0, 0.05) is 12.1 Å². The van der Waals surface area contributed by atoms with E-state index in [1.54, 1.807) is 0 Å². The number of hydrogen-bond donors (Lipinski definition) is 2. The largest absolute Gasteiger partial charge is 0.327 e. The van der Waals surface area contributed by atoms with E-state index >= 15 is 0 Å². The summed E-state index contributed by atoms with van der Waals surface area (Å²) in [6.45, 7) is 0. The topological polar surface area (TPSA) is 55.1 Å². The van der Waals surface area contributed by atoms with Gasteiger partial charge in [0.15, 0.2) is 5.82 Å². The van der Waals surface area contributed by atoms with Crippen LogP contribution in [0.3, 0.4) is 0 Å². The number of benzene rings is 1. The second-order valence-corrected chi connectivity index (χ2v) is 4.84. The van der Waals surface area contributed by atoms with Crippen LogP contribution in [0.4, 0.5) is 14.5 Å². The second-order valence-electron chi connectivity index (χ2n) is 4.43. The molecule has 2 rings (SSSR count). The van der Waals surface area contributed by atoms with Crippen molar-refractivity contribution >= 4 is 23.2 Å². The van der Waals surface area contributed by atoms with Crippen molar-refractivity contribution in [2.24, 2.45) is 11.7 Å². The zero-order chi connectivity index (χ0) is 13.3. The first-order chi connectivity index (χ1) is 8.49. The standard InChI is InChI=1S/C12H13ClF2N2O/c13-8-4-6(14)5-9(15)11(8)17-12(18)7-2-1-3-10(7)16/h4-5,7,10H,1-3,16H2,(H,17,18). The van der Waals surface area contributed by atoms with Crippen molar-refractivity contribution in [3.63, 3.8) is 0 Å². The van der Waals surface area contributed by atoms with Crippen LogP contribution in [0.1, 0.15) is 19.3 Å². The molecule has 1 aromatic carbocycles. The molecule has 1 amide bonds. The van der Waals surface area contributed by atoms with E-state index in [2.05, 4.69) is 5.32 Å². The Morgan fingerprint density at radius 3 is 2.67 bits per heavy atom. The molecule has 2 atom stereocenters. The van der Waals surface area contributed by atoms with Gasteiger partial charge in [-0.05, 0) is 18.9 Å². The van der Waals surface area contributed by atoms with E-state index in [1.165, 1.54) is 0 Å². The Bertz CT molecular complexity index is 458. The van der Waals surface area contributed by atoms with Gasteiger partial charge in [-0.15, -0.1) is 0 Å². The molecule has 3 nitrogen and oxygen atoms in total. The number of amides is 1. The highest BCUT2D eigenvalue weighted by Crippen LogP contribution is 2.29. The molecule has 0 saturated heterocycles. The molecule has 1 fully saturated rings. The third-order valence-corrected chi connectivity index (χ3v) is 3.46. The summed E-state index contributed by atoms with van der Waals surface area (Å²) in [5, 5.41) is 2.23. The lowest BCUT2D eigenvalue weighted by atomic mass is 10.0. The quantitative estimate of drug-likeness (QED) is 0.871. The molecular weight excluding hydrogens is 262 g/mol. The number of hydrogen-bond acceptors (Lipinski definition) is 2. The fourth-order valence-electron chi connectivity index (χ4n) is 2.19. The summed E-state index contributed by atoms with van der Waals surface area (Å²) < 4.78 is 26.3. The van der Waals surface area contributed by atoms with Crippen molar-refractivity contribution in [3.8, 4) is 0 Å². The molecule has 1 aromatic rings. The fourth-order valence-corrected chi connectivity index (χ4v) is 2.43. The molecule has 0 bridgehead atoms. The molecule has 0 heterocycles. The normalized spacial score (nSPS) is 23.1. The summed E-state index contributed by atoms with van der Waals surface area (Å²) in [7, 11) is 0. The van der Waals surface area contributed by atoms with E-state index in [4.69, 9.17) is 17.3 Å². The summed E-state index contributed by atoms with van der Waals surface area (Å²) in [5.74, 6) is -2.38. The van der Waals surface area contributed by atoms with Gasteiger partial charge in [0.25, 0.3) is 0 Å². The number of carbonyl (C=O) groups excluding carboxylic acids is 1. The molecule has 3 N–H and O–H groups in total. The Morgan fingerprint density at radius 2 is 2.11 bits per heavy atom. The van der Waals surface area contributed by atoms with E-state index < -0.39 is 11.6 Å². The van der Waals surface area contributed by atoms with E-state index in [0.717, 1.165) is 18.9 Å². The van der Waals surface area contributed by atoms with Crippen molar-refractivity contribution in [1.29, 1.82) is 0 Å². The van der Waals surface area contributed by atoms with Crippen LogP contribution in [0.15, 0.2) is 12.1 Å². The molecule has 98 valence electrons. The number of anilines is 1. The van der Waals surface area contributed by atoms with Crippen LogP contribution in [0.2, 0.25) is 5.02 Å². The van der Waals surface area contributed by atoms with E-state index in [1.807, 2.05) is 0 Å². The first-order valence-corrected chi connectivity index (χ1v) is 6.08. The van der Waals surface area contributed by atoms with Gasteiger partial charge in [-0.1, -0.05) is 18.0 Å². The molecular formula is C12H13ClF2N2O. The molecule has 18 heavy (non-hydrogen) atoms. The van der Waals surface area contributed by atoms with Gasteiger partial charge >= 0.3 is 0 Å². The average Bonchev–Trinajstić information content (AvgIpc) is 2.69. The minimum atomic E-state index is -0.889. The molecule has 6 heteroatoms. The molecule has 1 aliphatic carbocycles. The Hall–Kier alpha value is -1.20. The molecule has 0 aromatic heterocycles. The maximum absolute atomic E-state index is 13.5. The van der Waals surface area contributed by atoms with E-state index in [0.29, 0.717) is 12.5 Å². The minimum Gasteiger partial charge on any atom is -0.327 e. The number of nitrogens with one attached hydrogen (secondary N) is 1. The van der Waals surface area contributed by atoms with Crippen molar-refractivity contribution in [3.05, 3.63) is 28.8 Å². The average molecular weight is 275 g/mol. The van der Waals surface area contributed by atoms with Crippen molar-refractivity contribution in [2.45, 2.75) is 25.3 Å². The fraction of sp³-hybridized carbons (Fsp3) is 0.417. The van der Waals surface area contributed by atoms with Gasteiger partial charge < -0.3 is 11.1 Å². The third-order valence-electron chi connectivity index (χ3n) is 3.16. The van der Waals surface area contributed by atoms with Crippen molar-refractivity contribution in [1.82, 2.24) is 0 Å². The maximum atomic E-state index is 13.5. The summed E-state index contributed by atoms with van der Waals surface area (Å²) in [5.41, 5.74) is 5.59. The number of nitrogens with two attached hydrogens (primary N) is 1. The number of carbonyl (C=O) groups is 1. The predicted molar refractivity (Wildman–Crippen MR) is 65.3 cm³/mol. The summed E-state index contributed by atoms with van der Waals surface area (Å²) in [4.78, 5) is 11.9. The van der Waals surface area contributed by atoms with Crippen LogP contribution in [0, 0.1) is 17.6 Å². The van der Waals surface area contributed by atoms with Crippen LogP contribution < -0.4 is 11.1 Å². The van der Waals surface area contributed by atoms with Crippen LogP contribution in [0.5, 0.6) is 0 Å². The molecule has 0 radical (unpaired) electrons. The highest BCUT2D eigenvalue weighted by Gasteiger charge is 2.31. The third kappa shape index (κ3) is 2.62. The van der Waals surface area contributed by atoms with E-state index in [-0.39, 0.29) is 28.6 Å². The number of halogens is 3. The summed E-state index contributed by atoms with van der Waals surface area (Å²) in [6.07, 6.45) is 2.32. The second kappa shape index (κ2) is 5.20. The van der Waals surface area contributed by atoms with Crippen LogP contribution >= 0.6 is 11.6 Å². The molecule has 0 spiro atoms. The molecule has 0 aliphatic heterocycles. The lowest BCUT2D eigenvalue weighted by Gasteiger charge is -2.16. The Kier molecular flexibility index (Phi) is 3.82. The zero-order valence-electron chi connectivity index (χ0n) is 9.55. The predicted octanol–water partition coefficient (Wildman–Crippen LogP) is 2.68. The first kappa shape index (κ1) is 13.2. The first-order valence-electron chi connectivity index (χ1n) is 5.70. The molecule has 1 saturated carbocycles. The van der Waals surface area contributed by atoms with Crippen molar-refractivity contribution < 1.29 is 13.6 Å². The Morgan fingerprint density at radius 1 is 1.39 bits per heavy atom. The molecule has 1 aliphatic rings. The van der Waals surface area contributed by atoms with Gasteiger partial charge in [0.2, 0.25) is 5.91 Å². The highest BCUT2D eigenvalue weighted by molar-refractivity contribution is 6.33.